The lowest BCUT2D eigenvalue weighted by Crippen LogP contribution is -2.53. The number of rotatable bonds is 7. The smallest absolute Gasteiger partial charge is 0.239 e. The zero-order valence-corrected chi connectivity index (χ0v) is 12.9. The Balaban J connectivity index is 2.31. The Labute approximate surface area is 118 Å². The number of nitrogens with zero attached hydrogens (tertiary/aromatic N) is 1. The van der Waals surface area contributed by atoms with Crippen LogP contribution >= 0.6 is 0 Å². The van der Waals surface area contributed by atoms with Gasteiger partial charge in [-0.15, -0.1) is 0 Å². The molecule has 0 aromatic carbocycles. The molecular formula is C15H31N3O. The molecule has 0 aliphatic carbocycles. The monoisotopic (exact) mass is 269 g/mol. The zero-order valence-electron chi connectivity index (χ0n) is 12.9. The fourth-order valence-electron chi connectivity index (χ4n) is 2.96. The van der Waals surface area contributed by atoms with Gasteiger partial charge in [-0.05, 0) is 39.2 Å². The van der Waals surface area contributed by atoms with Crippen molar-refractivity contribution in [3.05, 3.63) is 0 Å². The molecule has 112 valence electrons. The molecule has 0 saturated carbocycles. The molecule has 2 unspecified atom stereocenters. The van der Waals surface area contributed by atoms with Gasteiger partial charge < -0.3 is 11.1 Å². The van der Waals surface area contributed by atoms with Crippen LogP contribution in [0.15, 0.2) is 0 Å². The molecule has 1 aliphatic rings. The molecule has 0 radical (unpaired) electrons. The van der Waals surface area contributed by atoms with E-state index in [0.717, 1.165) is 19.4 Å². The Morgan fingerprint density at radius 3 is 2.79 bits per heavy atom. The van der Waals surface area contributed by atoms with Gasteiger partial charge in [0.2, 0.25) is 5.91 Å². The highest BCUT2D eigenvalue weighted by Gasteiger charge is 2.27. The van der Waals surface area contributed by atoms with E-state index in [0.29, 0.717) is 12.6 Å². The summed E-state index contributed by atoms with van der Waals surface area (Å²) in [5.41, 5.74) is 5.30. The number of nitrogens with one attached hydrogen (secondary N) is 1. The van der Waals surface area contributed by atoms with Gasteiger partial charge in [-0.2, -0.15) is 0 Å². The van der Waals surface area contributed by atoms with E-state index < -0.39 is 5.54 Å². The summed E-state index contributed by atoms with van der Waals surface area (Å²) in [6.07, 6.45) is 6.81. The van der Waals surface area contributed by atoms with Gasteiger partial charge in [0.05, 0.1) is 5.54 Å². The van der Waals surface area contributed by atoms with E-state index in [-0.39, 0.29) is 5.91 Å². The molecule has 0 aromatic heterocycles. The van der Waals surface area contributed by atoms with Gasteiger partial charge in [-0.25, -0.2) is 0 Å². The number of hydrogen-bond acceptors (Lipinski definition) is 3. The predicted molar refractivity (Wildman–Crippen MR) is 80.0 cm³/mol. The van der Waals surface area contributed by atoms with Crippen molar-refractivity contribution >= 4 is 5.91 Å². The maximum atomic E-state index is 12.0. The fourth-order valence-corrected chi connectivity index (χ4v) is 2.96. The number of piperidine rings is 1. The summed E-state index contributed by atoms with van der Waals surface area (Å²) < 4.78 is 0. The van der Waals surface area contributed by atoms with E-state index in [1.165, 1.54) is 32.2 Å². The second-order valence-corrected chi connectivity index (χ2v) is 6.02. The summed E-state index contributed by atoms with van der Waals surface area (Å²) in [6, 6.07) is 0.700. The molecule has 3 N–H and O–H groups in total. The average molecular weight is 269 g/mol. The Morgan fingerprint density at radius 2 is 2.16 bits per heavy atom. The van der Waals surface area contributed by atoms with Crippen molar-refractivity contribution in [2.24, 2.45) is 5.73 Å². The van der Waals surface area contributed by atoms with Gasteiger partial charge in [0.15, 0.2) is 0 Å². The molecule has 0 spiro atoms. The summed E-state index contributed by atoms with van der Waals surface area (Å²) in [4.78, 5) is 14.5. The minimum Gasteiger partial charge on any atom is -0.353 e. The van der Waals surface area contributed by atoms with Gasteiger partial charge in [0.1, 0.15) is 0 Å². The van der Waals surface area contributed by atoms with Crippen molar-refractivity contribution in [3.8, 4) is 0 Å². The van der Waals surface area contributed by atoms with Gasteiger partial charge >= 0.3 is 0 Å². The second kappa shape index (κ2) is 7.85. The van der Waals surface area contributed by atoms with Crippen LogP contribution in [0.3, 0.4) is 0 Å². The van der Waals surface area contributed by atoms with Crippen LogP contribution in [0.1, 0.15) is 59.3 Å². The van der Waals surface area contributed by atoms with Crippen LogP contribution in [0.5, 0.6) is 0 Å². The summed E-state index contributed by atoms with van der Waals surface area (Å²) in [6.45, 7) is 8.96. The molecule has 1 amide bonds. The minimum absolute atomic E-state index is 0.0144. The Kier molecular flexibility index (Phi) is 6.80. The fraction of sp³-hybridized carbons (Fsp3) is 0.933. The van der Waals surface area contributed by atoms with E-state index in [9.17, 15) is 4.79 Å². The van der Waals surface area contributed by atoms with Crippen molar-refractivity contribution in [2.75, 3.05) is 19.6 Å². The van der Waals surface area contributed by atoms with Crippen molar-refractivity contribution < 1.29 is 4.79 Å². The largest absolute Gasteiger partial charge is 0.353 e. The van der Waals surface area contributed by atoms with Crippen molar-refractivity contribution in [3.63, 3.8) is 0 Å². The molecular weight excluding hydrogens is 238 g/mol. The topological polar surface area (TPSA) is 58.4 Å². The summed E-state index contributed by atoms with van der Waals surface area (Å²) in [5, 5.41) is 2.99. The maximum absolute atomic E-state index is 12.0. The lowest BCUT2D eigenvalue weighted by molar-refractivity contribution is -0.126. The summed E-state index contributed by atoms with van der Waals surface area (Å²) in [7, 11) is 0. The van der Waals surface area contributed by atoms with Crippen molar-refractivity contribution in [2.45, 2.75) is 70.9 Å². The quantitative estimate of drug-likeness (QED) is 0.742. The first-order chi connectivity index (χ1) is 9.01. The molecule has 4 nitrogen and oxygen atoms in total. The van der Waals surface area contributed by atoms with Crippen LogP contribution in [0.25, 0.3) is 0 Å². The molecule has 1 rings (SSSR count). The number of carbonyl (C=O) groups is 1. The molecule has 4 heteroatoms. The molecule has 0 aromatic rings. The normalized spacial score (nSPS) is 23.9. The van der Waals surface area contributed by atoms with Crippen LogP contribution in [0.4, 0.5) is 0 Å². The first kappa shape index (κ1) is 16.4. The first-order valence-electron chi connectivity index (χ1n) is 7.82. The van der Waals surface area contributed by atoms with Crippen molar-refractivity contribution in [1.82, 2.24) is 10.2 Å². The third-order valence-corrected chi connectivity index (χ3v) is 4.19. The number of amides is 1. The van der Waals surface area contributed by atoms with E-state index in [1.807, 2.05) is 6.92 Å². The van der Waals surface area contributed by atoms with Crippen LogP contribution in [-0.4, -0.2) is 42.0 Å². The van der Waals surface area contributed by atoms with Crippen molar-refractivity contribution in [1.29, 1.82) is 0 Å². The SMILES string of the molecule is CCCC(C)(N)C(=O)NCCN1CCCCC1CC. The van der Waals surface area contributed by atoms with E-state index in [2.05, 4.69) is 24.1 Å². The Morgan fingerprint density at radius 1 is 1.42 bits per heavy atom. The highest BCUT2D eigenvalue weighted by Crippen LogP contribution is 2.18. The minimum atomic E-state index is -0.721. The van der Waals surface area contributed by atoms with E-state index in [4.69, 9.17) is 5.73 Å². The molecule has 19 heavy (non-hydrogen) atoms. The number of likely N-dealkylation sites (tertiary alicyclic amines) is 1. The van der Waals surface area contributed by atoms with Crippen LogP contribution in [0.2, 0.25) is 0 Å². The van der Waals surface area contributed by atoms with Gasteiger partial charge in [-0.1, -0.05) is 26.7 Å². The highest BCUT2D eigenvalue weighted by atomic mass is 16.2. The molecule has 1 aliphatic heterocycles. The summed E-state index contributed by atoms with van der Waals surface area (Å²) in [5.74, 6) is -0.0144. The van der Waals surface area contributed by atoms with E-state index in [1.54, 1.807) is 0 Å². The number of carbonyl (C=O) groups excluding carboxylic acids is 1. The van der Waals surface area contributed by atoms with Gasteiger partial charge in [0, 0.05) is 19.1 Å². The van der Waals surface area contributed by atoms with Crippen LogP contribution in [0, 0.1) is 0 Å². The molecule has 1 fully saturated rings. The lowest BCUT2D eigenvalue weighted by Gasteiger charge is -2.35. The van der Waals surface area contributed by atoms with Gasteiger partial charge in [0.25, 0.3) is 0 Å². The molecule has 2 atom stereocenters. The third kappa shape index (κ3) is 5.11. The molecule has 1 heterocycles. The average Bonchev–Trinajstić information content (AvgIpc) is 2.39. The standard InChI is InChI=1S/C15H31N3O/c1-4-9-15(3,16)14(19)17-10-12-18-11-7-6-8-13(18)5-2/h13H,4-12,16H2,1-3H3,(H,17,19). The first-order valence-corrected chi connectivity index (χ1v) is 7.82. The predicted octanol–water partition coefficient (Wildman–Crippen LogP) is 1.88. The Hall–Kier alpha value is -0.610. The van der Waals surface area contributed by atoms with Crippen LogP contribution < -0.4 is 11.1 Å². The van der Waals surface area contributed by atoms with Gasteiger partial charge in [-0.3, -0.25) is 9.69 Å². The molecule has 0 bridgehead atoms. The number of nitrogens with two attached hydrogens (primary N) is 1. The maximum Gasteiger partial charge on any atom is 0.239 e. The lowest BCUT2D eigenvalue weighted by atomic mass is 9.96. The van der Waals surface area contributed by atoms with E-state index >= 15 is 0 Å². The molecule has 1 saturated heterocycles. The Bertz CT molecular complexity index is 279. The zero-order chi connectivity index (χ0) is 14.3. The third-order valence-electron chi connectivity index (χ3n) is 4.19. The number of hydrogen-bond donors (Lipinski definition) is 2. The summed E-state index contributed by atoms with van der Waals surface area (Å²) >= 11 is 0. The highest BCUT2D eigenvalue weighted by molar-refractivity contribution is 5.85. The second-order valence-electron chi connectivity index (χ2n) is 6.02. The van der Waals surface area contributed by atoms with Crippen LogP contribution in [-0.2, 0) is 4.79 Å².